The summed E-state index contributed by atoms with van der Waals surface area (Å²) in [5.74, 6) is 0.670. The minimum atomic E-state index is -0.0338. The fourth-order valence-electron chi connectivity index (χ4n) is 5.86. The van der Waals surface area contributed by atoms with Crippen LogP contribution in [0.25, 0.3) is 21.2 Å². The zero-order valence-corrected chi connectivity index (χ0v) is 26.5. The second-order valence-electron chi connectivity index (χ2n) is 11.4. The number of benzene rings is 3. The highest BCUT2D eigenvalue weighted by molar-refractivity contribution is 7.21. The quantitative estimate of drug-likeness (QED) is 0.210. The Morgan fingerprint density at radius 1 is 0.857 bits per heavy atom. The summed E-state index contributed by atoms with van der Waals surface area (Å²) in [6, 6.07) is 22.2. The number of carbonyl (C=O) groups excluding carboxylic acids is 2. The van der Waals surface area contributed by atoms with Gasteiger partial charge in [0.2, 0.25) is 0 Å². The van der Waals surface area contributed by atoms with Crippen LogP contribution in [-0.2, 0) is 6.54 Å². The van der Waals surface area contributed by atoms with E-state index >= 15 is 0 Å². The minimum absolute atomic E-state index is 0.0324. The maximum Gasteiger partial charge on any atom is 0.266 e. The lowest BCUT2D eigenvalue weighted by atomic mass is 9.89. The summed E-state index contributed by atoms with van der Waals surface area (Å²) in [7, 11) is 9.42. The molecular weight excluding hydrogens is 566 g/mol. The van der Waals surface area contributed by atoms with Crippen molar-refractivity contribution in [3.8, 4) is 16.9 Å². The number of rotatable bonds is 8. The SMILES string of the molecule is COc1ccc(-c2ccc(C(=O)N(C)C)cc2)cc1CN(C(=O)c1sc2ccccc2c1Cl)[C@H]1CC[C@H](N(C)C)CC1. The Hall–Kier alpha value is -3.39. The smallest absolute Gasteiger partial charge is 0.266 e. The van der Waals surface area contributed by atoms with Gasteiger partial charge >= 0.3 is 0 Å². The van der Waals surface area contributed by atoms with Crippen LogP contribution in [0, 0.1) is 0 Å². The van der Waals surface area contributed by atoms with Crippen LogP contribution in [-0.4, -0.2) is 73.9 Å². The van der Waals surface area contributed by atoms with E-state index in [-0.39, 0.29) is 17.9 Å². The monoisotopic (exact) mass is 603 g/mol. The molecule has 0 radical (unpaired) electrons. The van der Waals surface area contributed by atoms with Crippen LogP contribution < -0.4 is 4.74 Å². The third-order valence-electron chi connectivity index (χ3n) is 8.32. The van der Waals surface area contributed by atoms with Crippen molar-refractivity contribution in [2.75, 3.05) is 35.3 Å². The van der Waals surface area contributed by atoms with Crippen molar-refractivity contribution in [1.29, 1.82) is 0 Å². The van der Waals surface area contributed by atoms with Gasteiger partial charge < -0.3 is 19.4 Å². The van der Waals surface area contributed by atoms with Crippen molar-refractivity contribution in [3.63, 3.8) is 0 Å². The fourth-order valence-corrected chi connectivity index (χ4v) is 7.33. The molecule has 2 amide bonds. The van der Waals surface area contributed by atoms with Gasteiger partial charge in [-0.3, -0.25) is 9.59 Å². The first kappa shape index (κ1) is 30.1. The number of amides is 2. The van der Waals surface area contributed by atoms with Crippen molar-refractivity contribution in [2.24, 2.45) is 0 Å². The Balaban J connectivity index is 1.49. The van der Waals surface area contributed by atoms with Crippen molar-refractivity contribution in [1.82, 2.24) is 14.7 Å². The van der Waals surface area contributed by atoms with Crippen LogP contribution >= 0.6 is 22.9 Å². The molecule has 8 heteroatoms. The summed E-state index contributed by atoms with van der Waals surface area (Å²) in [5, 5.41) is 1.44. The van der Waals surface area contributed by atoms with Gasteiger partial charge in [-0.05, 0) is 81.2 Å². The van der Waals surface area contributed by atoms with Gasteiger partial charge in [-0.25, -0.2) is 0 Å². The molecule has 220 valence electrons. The normalized spacial score (nSPS) is 16.9. The highest BCUT2D eigenvalue weighted by Gasteiger charge is 2.33. The molecule has 3 aromatic carbocycles. The molecule has 1 aliphatic rings. The van der Waals surface area contributed by atoms with Crippen LogP contribution in [0.1, 0.15) is 51.3 Å². The molecule has 0 spiro atoms. The number of carbonyl (C=O) groups is 2. The number of ether oxygens (including phenoxy) is 1. The van der Waals surface area contributed by atoms with Gasteiger partial charge in [0.25, 0.3) is 11.8 Å². The van der Waals surface area contributed by atoms with E-state index in [0.29, 0.717) is 28.0 Å². The lowest BCUT2D eigenvalue weighted by Crippen LogP contribution is -2.44. The van der Waals surface area contributed by atoms with Gasteiger partial charge in [-0.1, -0.05) is 48.0 Å². The Morgan fingerprint density at radius 3 is 2.12 bits per heavy atom. The molecule has 1 aromatic heterocycles. The maximum atomic E-state index is 14.3. The van der Waals surface area contributed by atoms with Crippen LogP contribution in [0.5, 0.6) is 5.75 Å². The van der Waals surface area contributed by atoms with E-state index in [1.165, 1.54) is 11.3 Å². The zero-order chi connectivity index (χ0) is 30.0. The third-order valence-corrected chi connectivity index (χ3v) is 9.98. The first-order valence-electron chi connectivity index (χ1n) is 14.3. The Kier molecular flexibility index (Phi) is 9.21. The molecule has 42 heavy (non-hydrogen) atoms. The number of methoxy groups -OCH3 is 1. The summed E-state index contributed by atoms with van der Waals surface area (Å²) in [6.07, 6.45) is 3.94. The molecule has 0 bridgehead atoms. The van der Waals surface area contributed by atoms with Crippen molar-refractivity contribution in [2.45, 2.75) is 44.3 Å². The number of fused-ring (bicyclic) bond motifs is 1. The molecule has 5 rings (SSSR count). The molecule has 1 saturated carbocycles. The number of hydrogen-bond acceptors (Lipinski definition) is 5. The molecule has 4 aromatic rings. The summed E-state index contributed by atoms with van der Waals surface area (Å²) >= 11 is 8.29. The van der Waals surface area contributed by atoms with Gasteiger partial charge in [0.05, 0.1) is 12.1 Å². The number of nitrogens with zero attached hydrogens (tertiary/aromatic N) is 3. The van der Waals surface area contributed by atoms with Crippen LogP contribution in [0.3, 0.4) is 0 Å². The molecule has 0 unspecified atom stereocenters. The molecule has 0 saturated heterocycles. The summed E-state index contributed by atoms with van der Waals surface area (Å²) < 4.78 is 6.80. The predicted molar refractivity (Wildman–Crippen MR) is 173 cm³/mol. The third kappa shape index (κ3) is 6.19. The van der Waals surface area contributed by atoms with Gasteiger partial charge in [0.15, 0.2) is 0 Å². The van der Waals surface area contributed by atoms with E-state index < -0.39 is 0 Å². The van der Waals surface area contributed by atoms with E-state index in [4.69, 9.17) is 16.3 Å². The first-order chi connectivity index (χ1) is 20.2. The van der Waals surface area contributed by atoms with Crippen LogP contribution in [0.15, 0.2) is 66.7 Å². The van der Waals surface area contributed by atoms with Crippen molar-refractivity contribution >= 4 is 44.8 Å². The van der Waals surface area contributed by atoms with Gasteiger partial charge in [0, 0.05) is 53.9 Å². The summed E-state index contributed by atoms with van der Waals surface area (Å²) in [6.45, 7) is 0.412. The molecule has 6 nitrogen and oxygen atoms in total. The standard InChI is InChI=1S/C34H38ClN3O3S/c1-36(2)26-15-17-27(18-16-26)38(34(40)32-31(35)28-8-6-7-9-30(28)42-32)21-25-20-24(14-19-29(25)41-5)22-10-12-23(13-11-22)33(39)37(3)4/h6-14,19-20,26-27H,15-18,21H2,1-5H3/t26-,27-. The number of thiophene rings is 1. The van der Waals surface area contributed by atoms with Gasteiger partial charge in [-0.15, -0.1) is 11.3 Å². The first-order valence-corrected chi connectivity index (χ1v) is 15.5. The Labute approximate surface area is 257 Å². The molecule has 1 aliphatic carbocycles. The van der Waals surface area contributed by atoms with E-state index in [2.05, 4.69) is 25.1 Å². The molecule has 0 atom stereocenters. The zero-order valence-electron chi connectivity index (χ0n) is 24.9. The molecule has 1 fully saturated rings. The average Bonchev–Trinajstić information content (AvgIpc) is 3.35. The van der Waals surface area contributed by atoms with Crippen LogP contribution in [0.2, 0.25) is 5.02 Å². The topological polar surface area (TPSA) is 53.1 Å². The van der Waals surface area contributed by atoms with Crippen molar-refractivity contribution < 1.29 is 14.3 Å². The van der Waals surface area contributed by atoms with Crippen molar-refractivity contribution in [3.05, 3.63) is 87.8 Å². The second-order valence-corrected chi connectivity index (χ2v) is 12.8. The van der Waals surface area contributed by atoms with E-state index in [9.17, 15) is 9.59 Å². The van der Waals surface area contributed by atoms with E-state index in [0.717, 1.165) is 58.2 Å². The van der Waals surface area contributed by atoms with E-state index in [1.807, 2.05) is 65.6 Å². The highest BCUT2D eigenvalue weighted by Crippen LogP contribution is 2.38. The molecule has 0 N–H and O–H groups in total. The fraction of sp³-hybridized carbons (Fsp3) is 0.353. The van der Waals surface area contributed by atoms with Gasteiger partial charge in [0.1, 0.15) is 10.6 Å². The molecular formula is C34H38ClN3O3S. The van der Waals surface area contributed by atoms with Crippen LogP contribution in [0.4, 0.5) is 0 Å². The number of hydrogen-bond donors (Lipinski definition) is 0. The van der Waals surface area contributed by atoms with E-state index in [1.54, 1.807) is 26.1 Å². The predicted octanol–water partition coefficient (Wildman–Crippen LogP) is 7.45. The molecule has 0 aliphatic heterocycles. The average molecular weight is 604 g/mol. The maximum absolute atomic E-state index is 14.3. The van der Waals surface area contributed by atoms with Gasteiger partial charge in [-0.2, -0.15) is 0 Å². The molecule has 1 heterocycles. The minimum Gasteiger partial charge on any atom is -0.496 e. The largest absolute Gasteiger partial charge is 0.496 e. The number of halogens is 1. The Morgan fingerprint density at radius 2 is 1.50 bits per heavy atom. The Bertz CT molecular complexity index is 1570. The summed E-state index contributed by atoms with van der Waals surface area (Å²) in [5.41, 5.74) is 3.57. The lowest BCUT2D eigenvalue weighted by molar-refractivity contribution is 0.0573. The summed E-state index contributed by atoms with van der Waals surface area (Å²) in [4.78, 5) is 33.2. The lowest BCUT2D eigenvalue weighted by Gasteiger charge is -2.39. The highest BCUT2D eigenvalue weighted by atomic mass is 35.5. The second kappa shape index (κ2) is 12.9.